The Kier molecular flexibility index (Phi) is 7.20. The highest BCUT2D eigenvalue weighted by Crippen LogP contribution is 2.46. The fourth-order valence-electron chi connectivity index (χ4n) is 2.27. The third-order valence-corrected chi connectivity index (χ3v) is 3.45. The summed E-state index contributed by atoms with van der Waals surface area (Å²) in [5, 5.41) is 6.70. The maximum Gasteiger partial charge on any atom is 0.190 e. The zero-order chi connectivity index (χ0) is 12.8. The minimum Gasteiger partial charge on any atom is -0.356 e. The predicted molar refractivity (Wildman–Crippen MR) is 92.4 cm³/mol. The molecule has 1 fully saturated rings. The van der Waals surface area contributed by atoms with Crippen molar-refractivity contribution >= 4 is 29.9 Å². The number of aliphatic imine (C=N–C) groups is 1. The molecular formula is C15H24IN3. The lowest BCUT2D eigenvalue weighted by Gasteiger charge is -2.10. The van der Waals surface area contributed by atoms with Gasteiger partial charge >= 0.3 is 0 Å². The van der Waals surface area contributed by atoms with E-state index in [-0.39, 0.29) is 24.0 Å². The second-order valence-corrected chi connectivity index (χ2v) is 4.89. The topological polar surface area (TPSA) is 36.4 Å². The smallest absolute Gasteiger partial charge is 0.190 e. The number of benzene rings is 1. The van der Waals surface area contributed by atoms with Crippen molar-refractivity contribution in [3.05, 3.63) is 35.9 Å². The molecule has 0 amide bonds. The number of hydrogen-bond donors (Lipinski definition) is 2. The molecule has 2 N–H and O–H groups in total. The normalized spacial score (nSPS) is 21.5. The van der Waals surface area contributed by atoms with E-state index in [1.54, 1.807) is 0 Å². The van der Waals surface area contributed by atoms with Crippen LogP contribution in [0, 0.1) is 5.92 Å². The van der Waals surface area contributed by atoms with Crippen LogP contribution < -0.4 is 10.6 Å². The van der Waals surface area contributed by atoms with Gasteiger partial charge in [0.05, 0.1) is 0 Å². The second kappa shape index (κ2) is 8.40. The Labute approximate surface area is 133 Å². The van der Waals surface area contributed by atoms with Crippen molar-refractivity contribution < 1.29 is 0 Å². The molecule has 0 heterocycles. The number of nitrogens with zero attached hydrogens (tertiary/aromatic N) is 1. The molecule has 106 valence electrons. The summed E-state index contributed by atoms with van der Waals surface area (Å²) in [5.41, 5.74) is 1.47. The summed E-state index contributed by atoms with van der Waals surface area (Å²) in [7, 11) is 1.83. The molecule has 0 bridgehead atoms. The predicted octanol–water partition coefficient (Wildman–Crippen LogP) is 2.98. The highest BCUT2D eigenvalue weighted by Gasteiger charge is 2.37. The molecule has 1 aliphatic carbocycles. The molecule has 2 atom stereocenters. The molecule has 0 spiro atoms. The van der Waals surface area contributed by atoms with Crippen LogP contribution in [0.2, 0.25) is 0 Å². The van der Waals surface area contributed by atoms with Gasteiger partial charge in [-0.25, -0.2) is 0 Å². The van der Waals surface area contributed by atoms with Crippen molar-refractivity contribution in [2.24, 2.45) is 10.9 Å². The third-order valence-electron chi connectivity index (χ3n) is 3.45. The average Bonchev–Trinajstić information content (AvgIpc) is 3.20. The Morgan fingerprint density at radius 3 is 2.63 bits per heavy atom. The first kappa shape index (κ1) is 16.3. The van der Waals surface area contributed by atoms with Gasteiger partial charge in [-0.2, -0.15) is 0 Å². The molecule has 4 heteroatoms. The van der Waals surface area contributed by atoms with Gasteiger partial charge in [-0.3, -0.25) is 4.99 Å². The van der Waals surface area contributed by atoms with Gasteiger partial charge in [0.1, 0.15) is 0 Å². The second-order valence-electron chi connectivity index (χ2n) is 4.89. The van der Waals surface area contributed by atoms with Crippen molar-refractivity contribution in [1.29, 1.82) is 0 Å². The minimum atomic E-state index is 0. The maximum absolute atomic E-state index is 4.22. The van der Waals surface area contributed by atoms with Gasteiger partial charge in [-0.15, -0.1) is 24.0 Å². The molecule has 1 aliphatic rings. The van der Waals surface area contributed by atoms with Crippen molar-refractivity contribution in [1.82, 2.24) is 10.6 Å². The molecule has 3 nitrogen and oxygen atoms in total. The first-order valence-corrected chi connectivity index (χ1v) is 6.84. The monoisotopic (exact) mass is 373 g/mol. The molecule has 0 aromatic heterocycles. The summed E-state index contributed by atoms with van der Waals surface area (Å²) in [5.74, 6) is 2.42. The van der Waals surface area contributed by atoms with E-state index in [4.69, 9.17) is 0 Å². The van der Waals surface area contributed by atoms with Gasteiger partial charge in [-0.1, -0.05) is 37.3 Å². The van der Waals surface area contributed by atoms with E-state index in [0.717, 1.165) is 37.3 Å². The Hall–Kier alpha value is -0.780. The third kappa shape index (κ3) is 5.01. The van der Waals surface area contributed by atoms with Crippen molar-refractivity contribution in [2.45, 2.75) is 25.7 Å². The SMILES string of the molecule is CCCNC(=NC)NCC1CC1c1ccccc1.I. The number of nitrogens with one attached hydrogen (secondary N) is 2. The lowest BCUT2D eigenvalue weighted by atomic mass is 10.1. The summed E-state index contributed by atoms with van der Waals surface area (Å²) in [6.45, 7) is 4.15. The maximum atomic E-state index is 4.22. The Morgan fingerprint density at radius 2 is 2.00 bits per heavy atom. The summed E-state index contributed by atoms with van der Waals surface area (Å²) >= 11 is 0. The van der Waals surface area contributed by atoms with Crippen LogP contribution in [0.1, 0.15) is 31.2 Å². The largest absolute Gasteiger partial charge is 0.356 e. The van der Waals surface area contributed by atoms with Gasteiger partial charge in [-0.05, 0) is 30.2 Å². The summed E-state index contributed by atoms with van der Waals surface area (Å²) in [4.78, 5) is 4.22. The summed E-state index contributed by atoms with van der Waals surface area (Å²) < 4.78 is 0. The van der Waals surface area contributed by atoms with E-state index in [1.807, 2.05) is 7.05 Å². The lowest BCUT2D eigenvalue weighted by molar-refractivity contribution is 0.714. The summed E-state index contributed by atoms with van der Waals surface area (Å²) in [6.07, 6.45) is 2.42. The zero-order valence-electron chi connectivity index (χ0n) is 11.7. The molecule has 1 aromatic rings. The van der Waals surface area contributed by atoms with E-state index in [0.29, 0.717) is 0 Å². The molecule has 0 aliphatic heterocycles. The highest BCUT2D eigenvalue weighted by molar-refractivity contribution is 14.0. The van der Waals surface area contributed by atoms with Gasteiger partial charge in [0.2, 0.25) is 0 Å². The van der Waals surface area contributed by atoms with E-state index < -0.39 is 0 Å². The molecule has 1 saturated carbocycles. The van der Waals surface area contributed by atoms with Crippen molar-refractivity contribution in [3.8, 4) is 0 Å². The van der Waals surface area contributed by atoms with Crippen molar-refractivity contribution in [2.75, 3.05) is 20.1 Å². The van der Waals surface area contributed by atoms with Crippen molar-refractivity contribution in [3.63, 3.8) is 0 Å². The van der Waals surface area contributed by atoms with E-state index >= 15 is 0 Å². The van der Waals surface area contributed by atoms with Crippen LogP contribution >= 0.6 is 24.0 Å². The Balaban J connectivity index is 0.00000180. The molecule has 0 saturated heterocycles. The molecule has 1 aromatic carbocycles. The molecular weight excluding hydrogens is 349 g/mol. The van der Waals surface area contributed by atoms with E-state index in [1.165, 1.54) is 12.0 Å². The van der Waals surface area contributed by atoms with Crippen LogP contribution in [0.5, 0.6) is 0 Å². The molecule has 0 radical (unpaired) electrons. The average molecular weight is 373 g/mol. The highest BCUT2D eigenvalue weighted by atomic mass is 127. The van der Waals surface area contributed by atoms with Crippen LogP contribution in [-0.2, 0) is 0 Å². The fraction of sp³-hybridized carbons (Fsp3) is 0.533. The van der Waals surface area contributed by atoms with Gasteiger partial charge in [0, 0.05) is 20.1 Å². The summed E-state index contributed by atoms with van der Waals surface area (Å²) in [6, 6.07) is 10.8. The van der Waals surface area contributed by atoms with E-state index in [2.05, 4.69) is 52.9 Å². The van der Waals surface area contributed by atoms with Crippen LogP contribution in [0.4, 0.5) is 0 Å². The van der Waals surface area contributed by atoms with Crippen LogP contribution in [0.15, 0.2) is 35.3 Å². The zero-order valence-corrected chi connectivity index (χ0v) is 14.1. The fourth-order valence-corrected chi connectivity index (χ4v) is 2.27. The first-order valence-electron chi connectivity index (χ1n) is 6.84. The number of rotatable bonds is 5. The Morgan fingerprint density at radius 1 is 1.26 bits per heavy atom. The molecule has 2 unspecified atom stereocenters. The van der Waals surface area contributed by atoms with Crippen LogP contribution in [0.3, 0.4) is 0 Å². The quantitative estimate of drug-likeness (QED) is 0.473. The van der Waals surface area contributed by atoms with Crippen LogP contribution in [-0.4, -0.2) is 26.1 Å². The van der Waals surface area contributed by atoms with E-state index in [9.17, 15) is 0 Å². The van der Waals surface area contributed by atoms with Crippen LogP contribution in [0.25, 0.3) is 0 Å². The van der Waals surface area contributed by atoms with Gasteiger partial charge < -0.3 is 10.6 Å². The minimum absolute atomic E-state index is 0. The lowest BCUT2D eigenvalue weighted by Crippen LogP contribution is -2.38. The first-order chi connectivity index (χ1) is 8.85. The standard InChI is InChI=1S/C15H23N3.HI/c1-3-9-17-15(16-2)18-11-13-10-14(13)12-7-5-4-6-8-12;/h4-8,13-14H,3,9-11H2,1-2H3,(H2,16,17,18);1H. The van der Waals surface area contributed by atoms with Gasteiger partial charge in [0.15, 0.2) is 5.96 Å². The molecule has 19 heavy (non-hydrogen) atoms. The number of halogens is 1. The van der Waals surface area contributed by atoms with Gasteiger partial charge in [0.25, 0.3) is 0 Å². The number of guanidine groups is 1. The molecule has 2 rings (SSSR count). The Bertz CT molecular complexity index is 392. The number of hydrogen-bond acceptors (Lipinski definition) is 1.